The second kappa shape index (κ2) is 4.21. The molecule has 2 aromatic rings. The average Bonchev–Trinajstić information content (AvgIpc) is 2.66. The quantitative estimate of drug-likeness (QED) is 0.741. The van der Waals surface area contributed by atoms with Gasteiger partial charge in [-0.2, -0.15) is 5.10 Å². The molecule has 0 saturated carbocycles. The number of alkyl halides is 1. The van der Waals surface area contributed by atoms with Gasteiger partial charge in [0.2, 0.25) is 0 Å². The lowest BCUT2D eigenvalue weighted by atomic mass is 10.3. The molecule has 78 valence electrons. The highest BCUT2D eigenvalue weighted by molar-refractivity contribution is 6.30. The molecular formula is C10H7Cl2FN2. The van der Waals surface area contributed by atoms with E-state index in [4.69, 9.17) is 23.2 Å². The van der Waals surface area contributed by atoms with Crippen LogP contribution in [0.5, 0.6) is 0 Å². The second-order valence-corrected chi connectivity index (χ2v) is 3.68. The van der Waals surface area contributed by atoms with Crippen LogP contribution in [-0.4, -0.2) is 9.78 Å². The second-order valence-electron chi connectivity index (χ2n) is 2.98. The monoisotopic (exact) mass is 244 g/mol. The van der Waals surface area contributed by atoms with Crippen LogP contribution in [0.2, 0.25) is 5.02 Å². The lowest BCUT2D eigenvalue weighted by Crippen LogP contribution is -1.98. The molecule has 5 heteroatoms. The summed E-state index contributed by atoms with van der Waals surface area (Å²) in [6, 6.07) is 6.17. The Morgan fingerprint density at radius 3 is 2.73 bits per heavy atom. The number of hydrogen-bond acceptors (Lipinski definition) is 1. The van der Waals surface area contributed by atoms with Crippen molar-refractivity contribution in [1.82, 2.24) is 9.78 Å². The summed E-state index contributed by atoms with van der Waals surface area (Å²) in [6.07, 6.45) is 1.66. The molecular weight excluding hydrogens is 238 g/mol. The molecule has 0 atom stereocenters. The number of aromatic nitrogens is 2. The van der Waals surface area contributed by atoms with E-state index in [1.54, 1.807) is 24.4 Å². The summed E-state index contributed by atoms with van der Waals surface area (Å²) in [5, 5.41) is 4.45. The third-order valence-electron chi connectivity index (χ3n) is 1.94. The Labute approximate surface area is 96.2 Å². The Morgan fingerprint density at radius 1 is 1.33 bits per heavy atom. The van der Waals surface area contributed by atoms with Gasteiger partial charge in [0.25, 0.3) is 0 Å². The Balaban J connectivity index is 2.44. The fourth-order valence-corrected chi connectivity index (χ4v) is 1.54. The fraction of sp³-hybridized carbons (Fsp3) is 0.100. The van der Waals surface area contributed by atoms with Crippen LogP contribution in [0.15, 0.2) is 30.5 Å². The molecule has 1 aromatic heterocycles. The number of halogens is 3. The minimum Gasteiger partial charge on any atom is -0.238 e. The molecule has 2 rings (SSSR count). The summed E-state index contributed by atoms with van der Waals surface area (Å²) in [6.45, 7) is 0. The van der Waals surface area contributed by atoms with Crippen LogP contribution in [0, 0.1) is 5.82 Å². The zero-order valence-electron chi connectivity index (χ0n) is 7.62. The first-order valence-corrected chi connectivity index (χ1v) is 5.18. The zero-order chi connectivity index (χ0) is 10.8. The van der Waals surface area contributed by atoms with Gasteiger partial charge in [-0.3, -0.25) is 0 Å². The van der Waals surface area contributed by atoms with Crippen LogP contribution in [-0.2, 0) is 5.88 Å². The van der Waals surface area contributed by atoms with E-state index in [2.05, 4.69) is 5.10 Å². The van der Waals surface area contributed by atoms with E-state index in [0.29, 0.717) is 22.3 Å². The van der Waals surface area contributed by atoms with Crippen LogP contribution in [0.25, 0.3) is 5.69 Å². The van der Waals surface area contributed by atoms with Gasteiger partial charge in [-0.1, -0.05) is 11.6 Å². The summed E-state index contributed by atoms with van der Waals surface area (Å²) in [4.78, 5) is 0. The van der Waals surface area contributed by atoms with Crippen molar-refractivity contribution in [3.05, 3.63) is 47.0 Å². The number of rotatable bonds is 2. The molecule has 0 aliphatic heterocycles. The average molecular weight is 245 g/mol. The van der Waals surface area contributed by atoms with E-state index in [0.717, 1.165) is 0 Å². The van der Waals surface area contributed by atoms with Gasteiger partial charge >= 0.3 is 0 Å². The maximum Gasteiger partial charge on any atom is 0.150 e. The van der Waals surface area contributed by atoms with Gasteiger partial charge in [-0.15, -0.1) is 11.6 Å². The molecule has 2 nitrogen and oxygen atoms in total. The van der Waals surface area contributed by atoms with E-state index in [9.17, 15) is 4.39 Å². The highest BCUT2D eigenvalue weighted by Crippen LogP contribution is 2.18. The minimum absolute atomic E-state index is 0.308. The summed E-state index contributed by atoms with van der Waals surface area (Å²) in [7, 11) is 0. The third-order valence-corrected chi connectivity index (χ3v) is 2.45. The molecule has 0 amide bonds. The van der Waals surface area contributed by atoms with Gasteiger partial charge in [0.05, 0.1) is 11.6 Å². The molecule has 0 radical (unpaired) electrons. The zero-order valence-corrected chi connectivity index (χ0v) is 9.13. The molecule has 0 aliphatic carbocycles. The smallest absolute Gasteiger partial charge is 0.150 e. The fourth-order valence-electron chi connectivity index (χ4n) is 1.23. The lowest BCUT2D eigenvalue weighted by Gasteiger charge is -2.02. The maximum absolute atomic E-state index is 13.5. The molecule has 0 spiro atoms. The van der Waals surface area contributed by atoms with Gasteiger partial charge < -0.3 is 0 Å². The summed E-state index contributed by atoms with van der Waals surface area (Å²) in [5.41, 5.74) is 1.06. The highest BCUT2D eigenvalue weighted by Gasteiger charge is 2.06. The maximum atomic E-state index is 13.5. The number of benzene rings is 1. The predicted octanol–water partition coefficient (Wildman–Crippen LogP) is 3.40. The first kappa shape index (κ1) is 10.5. The lowest BCUT2D eigenvalue weighted by molar-refractivity contribution is 0.610. The van der Waals surface area contributed by atoms with Crippen LogP contribution in [0.3, 0.4) is 0 Å². The van der Waals surface area contributed by atoms with E-state index >= 15 is 0 Å². The molecule has 1 aromatic carbocycles. The Morgan fingerprint density at radius 2 is 2.13 bits per heavy atom. The van der Waals surface area contributed by atoms with E-state index < -0.39 is 5.82 Å². The predicted molar refractivity (Wildman–Crippen MR) is 58.1 cm³/mol. The molecule has 0 saturated heterocycles. The molecule has 1 heterocycles. The van der Waals surface area contributed by atoms with Crippen molar-refractivity contribution in [3.63, 3.8) is 0 Å². The van der Waals surface area contributed by atoms with Crippen molar-refractivity contribution in [1.29, 1.82) is 0 Å². The molecule has 0 aliphatic rings. The van der Waals surface area contributed by atoms with E-state index in [-0.39, 0.29) is 0 Å². The molecule has 0 N–H and O–H groups in total. The summed E-state index contributed by atoms with van der Waals surface area (Å²) < 4.78 is 14.9. The Bertz CT molecular complexity index is 482. The van der Waals surface area contributed by atoms with Crippen molar-refractivity contribution in [2.24, 2.45) is 0 Å². The van der Waals surface area contributed by atoms with Crippen molar-refractivity contribution in [2.45, 2.75) is 5.88 Å². The Kier molecular flexibility index (Phi) is 2.93. The number of hydrogen-bond donors (Lipinski definition) is 0. The SMILES string of the molecule is Fc1cc(Cl)ccc1-n1ccc(CCl)n1. The molecule has 0 unspecified atom stereocenters. The van der Waals surface area contributed by atoms with Gasteiger partial charge in [0.1, 0.15) is 11.5 Å². The van der Waals surface area contributed by atoms with Crippen LogP contribution in [0.4, 0.5) is 4.39 Å². The van der Waals surface area contributed by atoms with Crippen molar-refractivity contribution in [3.8, 4) is 5.69 Å². The van der Waals surface area contributed by atoms with Gasteiger partial charge in [-0.05, 0) is 24.3 Å². The van der Waals surface area contributed by atoms with Crippen LogP contribution < -0.4 is 0 Å². The van der Waals surface area contributed by atoms with Gasteiger partial charge in [0.15, 0.2) is 0 Å². The van der Waals surface area contributed by atoms with Crippen LogP contribution in [0.1, 0.15) is 5.69 Å². The molecule has 0 bridgehead atoms. The number of nitrogens with zero attached hydrogens (tertiary/aromatic N) is 2. The van der Waals surface area contributed by atoms with Crippen molar-refractivity contribution < 1.29 is 4.39 Å². The van der Waals surface area contributed by atoms with Crippen LogP contribution >= 0.6 is 23.2 Å². The molecule has 0 fully saturated rings. The summed E-state index contributed by atoms with van der Waals surface area (Å²) >= 11 is 11.2. The topological polar surface area (TPSA) is 17.8 Å². The van der Waals surface area contributed by atoms with Gasteiger partial charge in [-0.25, -0.2) is 9.07 Å². The largest absolute Gasteiger partial charge is 0.238 e. The molecule has 15 heavy (non-hydrogen) atoms. The normalized spacial score (nSPS) is 10.6. The third kappa shape index (κ3) is 2.13. The van der Waals surface area contributed by atoms with E-state index in [1.165, 1.54) is 10.7 Å². The van der Waals surface area contributed by atoms with Crippen molar-refractivity contribution in [2.75, 3.05) is 0 Å². The standard InChI is InChI=1S/C10H7Cl2FN2/c11-6-8-3-4-15(14-8)10-2-1-7(12)5-9(10)13/h1-5H,6H2. The first-order chi connectivity index (χ1) is 7.20. The Hall–Kier alpha value is -1.06. The first-order valence-electron chi connectivity index (χ1n) is 4.26. The summed E-state index contributed by atoms with van der Waals surface area (Å²) in [5.74, 6) is -0.103. The van der Waals surface area contributed by atoms with Gasteiger partial charge in [0, 0.05) is 11.2 Å². The van der Waals surface area contributed by atoms with E-state index in [1.807, 2.05) is 0 Å². The van der Waals surface area contributed by atoms with Crippen molar-refractivity contribution >= 4 is 23.2 Å². The minimum atomic E-state index is -0.410. The highest BCUT2D eigenvalue weighted by atomic mass is 35.5.